The van der Waals surface area contributed by atoms with Crippen molar-refractivity contribution in [2.45, 2.75) is 25.4 Å². The van der Waals surface area contributed by atoms with Crippen molar-refractivity contribution in [3.8, 4) is 0 Å². The Hall–Kier alpha value is -1.01. The summed E-state index contributed by atoms with van der Waals surface area (Å²) in [6.45, 7) is 2.29. The van der Waals surface area contributed by atoms with Crippen LogP contribution in [0.3, 0.4) is 0 Å². The van der Waals surface area contributed by atoms with Crippen LogP contribution in [0.1, 0.15) is 29.5 Å². The van der Waals surface area contributed by atoms with Crippen LogP contribution in [0, 0.1) is 0 Å². The van der Waals surface area contributed by atoms with E-state index in [2.05, 4.69) is 15.5 Å². The van der Waals surface area contributed by atoms with Gasteiger partial charge in [0.05, 0.1) is 5.60 Å². The number of aromatic nitrogens is 2. The first-order chi connectivity index (χ1) is 8.13. The smallest absolute Gasteiger partial charge is 0.271 e. The molecule has 0 aromatic carbocycles. The quantitative estimate of drug-likeness (QED) is 0.735. The van der Waals surface area contributed by atoms with Crippen LogP contribution in [0.4, 0.5) is 0 Å². The molecule has 2 heterocycles. The van der Waals surface area contributed by atoms with Gasteiger partial charge < -0.3 is 10.4 Å². The van der Waals surface area contributed by atoms with E-state index in [1.807, 2.05) is 6.92 Å². The van der Waals surface area contributed by atoms with Crippen LogP contribution < -0.4 is 5.32 Å². The topological polar surface area (TPSA) is 78.0 Å². The number of H-pyrrole nitrogens is 1. The van der Waals surface area contributed by atoms with E-state index in [1.165, 1.54) is 0 Å². The Balaban J connectivity index is 1.88. The highest BCUT2D eigenvalue weighted by molar-refractivity contribution is 7.99. The summed E-state index contributed by atoms with van der Waals surface area (Å²) in [6, 6.07) is 1.74. The molecule has 0 spiro atoms. The molecule has 1 aliphatic heterocycles. The summed E-state index contributed by atoms with van der Waals surface area (Å²) in [4.78, 5) is 11.8. The largest absolute Gasteiger partial charge is 0.387 e. The molecule has 0 bridgehead atoms. The van der Waals surface area contributed by atoms with E-state index in [-0.39, 0.29) is 5.91 Å². The van der Waals surface area contributed by atoms with Crippen LogP contribution in [-0.4, -0.2) is 44.9 Å². The van der Waals surface area contributed by atoms with Gasteiger partial charge >= 0.3 is 0 Å². The second-order valence-corrected chi connectivity index (χ2v) is 5.45. The highest BCUT2D eigenvalue weighted by atomic mass is 32.2. The lowest BCUT2D eigenvalue weighted by Crippen LogP contribution is -2.43. The lowest BCUT2D eigenvalue weighted by atomic mass is 10.0. The highest BCUT2D eigenvalue weighted by Gasteiger charge is 2.32. The van der Waals surface area contributed by atoms with Crippen molar-refractivity contribution in [3.05, 3.63) is 17.5 Å². The summed E-state index contributed by atoms with van der Waals surface area (Å²) >= 11 is 1.71. The van der Waals surface area contributed by atoms with Crippen molar-refractivity contribution >= 4 is 17.7 Å². The maximum absolute atomic E-state index is 11.8. The van der Waals surface area contributed by atoms with E-state index < -0.39 is 5.60 Å². The fourth-order valence-corrected chi connectivity index (χ4v) is 3.03. The molecule has 3 N–H and O–H groups in total. The van der Waals surface area contributed by atoms with Crippen molar-refractivity contribution in [1.29, 1.82) is 0 Å². The molecule has 0 saturated carbocycles. The first-order valence-corrected chi connectivity index (χ1v) is 6.91. The van der Waals surface area contributed by atoms with E-state index in [1.54, 1.807) is 17.8 Å². The molecule has 5 nitrogen and oxygen atoms in total. The molecule has 1 amide bonds. The summed E-state index contributed by atoms with van der Waals surface area (Å²) in [5.74, 6) is 1.41. The Bertz CT molecular complexity index is 399. The number of nitrogens with zero attached hydrogens (tertiary/aromatic N) is 1. The van der Waals surface area contributed by atoms with E-state index >= 15 is 0 Å². The fourth-order valence-electron chi connectivity index (χ4n) is 1.73. The molecule has 1 aliphatic rings. The second kappa shape index (κ2) is 5.10. The van der Waals surface area contributed by atoms with E-state index in [4.69, 9.17) is 0 Å². The molecular formula is C11H17N3O2S. The predicted molar refractivity (Wildman–Crippen MR) is 67.2 cm³/mol. The molecule has 6 heteroatoms. The van der Waals surface area contributed by atoms with Gasteiger partial charge in [-0.1, -0.05) is 6.92 Å². The number of nitrogens with one attached hydrogen (secondary N) is 2. The molecule has 1 unspecified atom stereocenters. The third-order valence-corrected chi connectivity index (χ3v) is 4.14. The number of hydrogen-bond donors (Lipinski definition) is 3. The van der Waals surface area contributed by atoms with Crippen LogP contribution in [-0.2, 0) is 6.42 Å². The number of rotatable bonds is 4. The third-order valence-electron chi connectivity index (χ3n) is 2.90. The van der Waals surface area contributed by atoms with Crippen LogP contribution in [0.5, 0.6) is 0 Å². The van der Waals surface area contributed by atoms with Gasteiger partial charge in [0, 0.05) is 18.0 Å². The average Bonchev–Trinajstić information content (AvgIpc) is 2.95. The fraction of sp³-hybridized carbons (Fsp3) is 0.636. The second-order valence-electron chi connectivity index (χ2n) is 4.34. The number of aliphatic hydroxyl groups is 1. The molecule has 2 rings (SSSR count). The molecule has 0 radical (unpaired) electrons. The minimum absolute atomic E-state index is 0.230. The number of carbonyl (C=O) groups is 1. The standard InChI is InChI=1S/C11H17N3O2S/c1-2-8-5-9(14-13-8)10(15)12-6-11(16)3-4-17-7-11/h5,16H,2-4,6-7H2,1H3,(H,12,15)(H,13,14). The third kappa shape index (κ3) is 3.01. The zero-order valence-electron chi connectivity index (χ0n) is 9.82. The predicted octanol–water partition coefficient (Wildman–Crippen LogP) is 0.570. The van der Waals surface area contributed by atoms with Gasteiger partial charge in [0.25, 0.3) is 5.91 Å². The summed E-state index contributed by atoms with van der Waals surface area (Å²) in [5, 5.41) is 19.5. The Morgan fingerprint density at radius 2 is 2.59 bits per heavy atom. The van der Waals surface area contributed by atoms with Crippen molar-refractivity contribution in [2.24, 2.45) is 0 Å². The summed E-state index contributed by atoms with van der Waals surface area (Å²) in [7, 11) is 0. The normalized spacial score (nSPS) is 23.9. The lowest BCUT2D eigenvalue weighted by Gasteiger charge is -2.21. The molecule has 94 valence electrons. The maximum atomic E-state index is 11.8. The molecule has 1 saturated heterocycles. The average molecular weight is 255 g/mol. The zero-order chi connectivity index (χ0) is 12.3. The minimum Gasteiger partial charge on any atom is -0.387 e. The van der Waals surface area contributed by atoms with Crippen molar-refractivity contribution in [2.75, 3.05) is 18.1 Å². The van der Waals surface area contributed by atoms with Crippen LogP contribution in [0.2, 0.25) is 0 Å². The molecule has 0 aliphatic carbocycles. The lowest BCUT2D eigenvalue weighted by molar-refractivity contribution is 0.0611. The first kappa shape index (κ1) is 12.4. The molecular weight excluding hydrogens is 238 g/mol. The van der Waals surface area contributed by atoms with E-state index in [0.717, 1.165) is 24.3 Å². The van der Waals surface area contributed by atoms with Gasteiger partial charge in [0.1, 0.15) is 5.69 Å². The van der Waals surface area contributed by atoms with Crippen molar-refractivity contribution in [1.82, 2.24) is 15.5 Å². The molecule has 17 heavy (non-hydrogen) atoms. The molecule has 1 aromatic heterocycles. The first-order valence-electron chi connectivity index (χ1n) is 5.75. The highest BCUT2D eigenvalue weighted by Crippen LogP contribution is 2.26. The number of thioether (sulfide) groups is 1. The summed E-state index contributed by atoms with van der Waals surface area (Å²) < 4.78 is 0. The van der Waals surface area contributed by atoms with Gasteiger partial charge in [-0.15, -0.1) is 0 Å². The SMILES string of the molecule is CCc1cc(C(=O)NCC2(O)CCSC2)n[nH]1. The number of carbonyl (C=O) groups excluding carboxylic acids is 1. The summed E-state index contributed by atoms with van der Waals surface area (Å²) in [6.07, 6.45) is 1.56. The number of hydrogen-bond acceptors (Lipinski definition) is 4. The van der Waals surface area contributed by atoms with E-state index in [9.17, 15) is 9.90 Å². The summed E-state index contributed by atoms with van der Waals surface area (Å²) in [5.41, 5.74) is 0.575. The Morgan fingerprint density at radius 1 is 1.76 bits per heavy atom. The molecule has 1 fully saturated rings. The zero-order valence-corrected chi connectivity index (χ0v) is 10.6. The number of aromatic amines is 1. The number of amides is 1. The van der Waals surface area contributed by atoms with Gasteiger partial charge in [-0.25, -0.2) is 0 Å². The van der Waals surface area contributed by atoms with Crippen LogP contribution >= 0.6 is 11.8 Å². The van der Waals surface area contributed by atoms with Gasteiger partial charge in [-0.3, -0.25) is 9.89 Å². The van der Waals surface area contributed by atoms with Gasteiger partial charge in [-0.2, -0.15) is 16.9 Å². The Labute approximate surface area is 104 Å². The monoisotopic (exact) mass is 255 g/mol. The van der Waals surface area contributed by atoms with E-state index in [0.29, 0.717) is 18.0 Å². The Kier molecular flexibility index (Phi) is 3.73. The van der Waals surface area contributed by atoms with Gasteiger partial charge in [-0.05, 0) is 24.7 Å². The maximum Gasteiger partial charge on any atom is 0.271 e. The van der Waals surface area contributed by atoms with Gasteiger partial charge in [0.2, 0.25) is 0 Å². The molecule has 1 atom stereocenters. The van der Waals surface area contributed by atoms with Crippen LogP contribution in [0.15, 0.2) is 6.07 Å². The minimum atomic E-state index is -0.746. The number of aryl methyl sites for hydroxylation is 1. The molecule has 1 aromatic rings. The Morgan fingerprint density at radius 3 is 3.18 bits per heavy atom. The van der Waals surface area contributed by atoms with Crippen molar-refractivity contribution in [3.63, 3.8) is 0 Å². The van der Waals surface area contributed by atoms with Gasteiger partial charge in [0.15, 0.2) is 0 Å². The van der Waals surface area contributed by atoms with Crippen LogP contribution in [0.25, 0.3) is 0 Å². The van der Waals surface area contributed by atoms with Crippen molar-refractivity contribution < 1.29 is 9.90 Å².